The van der Waals surface area contributed by atoms with E-state index in [4.69, 9.17) is 4.74 Å². The number of ether oxygens (including phenoxy) is 1. The summed E-state index contributed by atoms with van der Waals surface area (Å²) in [5.41, 5.74) is 2.06. The van der Waals surface area contributed by atoms with Crippen LogP contribution in [0.15, 0.2) is 29.3 Å². The van der Waals surface area contributed by atoms with Gasteiger partial charge in [0.15, 0.2) is 5.96 Å². The first kappa shape index (κ1) is 18.3. The zero-order valence-corrected chi connectivity index (χ0v) is 14.8. The van der Waals surface area contributed by atoms with E-state index in [0.29, 0.717) is 5.92 Å². The SMILES string of the molecule is CN=C(NCCc1ccc(NC(C)=O)cc1)N1CCC(COC)C1. The molecule has 6 heteroatoms. The van der Waals surface area contributed by atoms with E-state index in [9.17, 15) is 4.79 Å². The predicted octanol–water partition coefficient (Wildman–Crippen LogP) is 1.73. The Labute approximate surface area is 144 Å². The van der Waals surface area contributed by atoms with Crippen LogP contribution in [0.2, 0.25) is 0 Å². The van der Waals surface area contributed by atoms with E-state index in [1.807, 2.05) is 31.3 Å². The Bertz CT molecular complexity index is 557. The smallest absolute Gasteiger partial charge is 0.221 e. The van der Waals surface area contributed by atoms with Crippen molar-refractivity contribution in [2.45, 2.75) is 19.8 Å². The number of rotatable bonds is 6. The number of guanidine groups is 1. The van der Waals surface area contributed by atoms with Crippen LogP contribution in [-0.2, 0) is 16.0 Å². The van der Waals surface area contributed by atoms with E-state index in [0.717, 1.165) is 50.7 Å². The van der Waals surface area contributed by atoms with Gasteiger partial charge in [0.05, 0.1) is 6.61 Å². The van der Waals surface area contributed by atoms with Crippen molar-refractivity contribution in [1.29, 1.82) is 0 Å². The number of carbonyl (C=O) groups is 1. The molecule has 0 aromatic heterocycles. The Balaban J connectivity index is 1.77. The van der Waals surface area contributed by atoms with Gasteiger partial charge < -0.3 is 20.3 Å². The maximum atomic E-state index is 11.0. The molecule has 24 heavy (non-hydrogen) atoms. The van der Waals surface area contributed by atoms with Crippen LogP contribution >= 0.6 is 0 Å². The summed E-state index contributed by atoms with van der Waals surface area (Å²) in [6.45, 7) is 5.18. The van der Waals surface area contributed by atoms with Crippen LogP contribution in [0.3, 0.4) is 0 Å². The normalized spacial score (nSPS) is 17.9. The average Bonchev–Trinajstić information content (AvgIpc) is 3.01. The van der Waals surface area contributed by atoms with Crippen molar-refractivity contribution in [1.82, 2.24) is 10.2 Å². The molecule has 2 N–H and O–H groups in total. The fourth-order valence-corrected chi connectivity index (χ4v) is 3.01. The highest BCUT2D eigenvalue weighted by Crippen LogP contribution is 2.16. The fourth-order valence-electron chi connectivity index (χ4n) is 3.01. The van der Waals surface area contributed by atoms with Gasteiger partial charge in [0.25, 0.3) is 0 Å². The third-order valence-electron chi connectivity index (χ3n) is 4.17. The number of likely N-dealkylation sites (tertiary alicyclic amines) is 1. The number of nitrogens with zero attached hydrogens (tertiary/aromatic N) is 2. The minimum Gasteiger partial charge on any atom is -0.384 e. The summed E-state index contributed by atoms with van der Waals surface area (Å²) in [6, 6.07) is 7.95. The molecule has 1 aliphatic rings. The zero-order chi connectivity index (χ0) is 17.4. The third-order valence-corrected chi connectivity index (χ3v) is 4.17. The Hall–Kier alpha value is -2.08. The van der Waals surface area contributed by atoms with Gasteiger partial charge >= 0.3 is 0 Å². The van der Waals surface area contributed by atoms with Crippen molar-refractivity contribution in [3.8, 4) is 0 Å². The second-order valence-corrected chi connectivity index (χ2v) is 6.16. The van der Waals surface area contributed by atoms with Crippen LogP contribution < -0.4 is 10.6 Å². The molecule has 1 fully saturated rings. The minimum atomic E-state index is -0.0504. The highest BCUT2D eigenvalue weighted by molar-refractivity contribution is 5.88. The van der Waals surface area contributed by atoms with E-state index in [1.54, 1.807) is 7.11 Å². The lowest BCUT2D eigenvalue weighted by Crippen LogP contribution is -2.41. The summed E-state index contributed by atoms with van der Waals surface area (Å²) in [6.07, 6.45) is 2.06. The van der Waals surface area contributed by atoms with Gasteiger partial charge in [-0.2, -0.15) is 0 Å². The minimum absolute atomic E-state index is 0.0504. The summed E-state index contributed by atoms with van der Waals surface area (Å²) in [5, 5.41) is 6.21. The largest absolute Gasteiger partial charge is 0.384 e. The van der Waals surface area contributed by atoms with Crippen LogP contribution in [0.1, 0.15) is 18.9 Å². The molecule has 1 atom stereocenters. The lowest BCUT2D eigenvalue weighted by molar-refractivity contribution is -0.114. The predicted molar refractivity (Wildman–Crippen MR) is 97.4 cm³/mol. The Kier molecular flexibility index (Phi) is 7.06. The molecule has 1 aliphatic heterocycles. The highest BCUT2D eigenvalue weighted by atomic mass is 16.5. The van der Waals surface area contributed by atoms with Crippen molar-refractivity contribution in [2.24, 2.45) is 10.9 Å². The zero-order valence-electron chi connectivity index (χ0n) is 14.8. The van der Waals surface area contributed by atoms with Crippen molar-refractivity contribution < 1.29 is 9.53 Å². The molecule has 2 rings (SSSR count). The third kappa shape index (κ3) is 5.53. The summed E-state index contributed by atoms with van der Waals surface area (Å²) in [5.74, 6) is 1.50. The molecule has 132 valence electrons. The fraction of sp³-hybridized carbons (Fsp3) is 0.556. The van der Waals surface area contributed by atoms with Crippen LogP contribution in [-0.4, -0.2) is 57.2 Å². The number of aliphatic imine (C=N–C) groups is 1. The molecule has 1 heterocycles. The molecule has 0 radical (unpaired) electrons. The number of methoxy groups -OCH3 is 1. The summed E-state index contributed by atoms with van der Waals surface area (Å²) < 4.78 is 5.25. The van der Waals surface area contributed by atoms with E-state index in [2.05, 4.69) is 20.5 Å². The van der Waals surface area contributed by atoms with Crippen LogP contribution in [0.25, 0.3) is 0 Å². The van der Waals surface area contributed by atoms with Crippen molar-refractivity contribution >= 4 is 17.6 Å². The van der Waals surface area contributed by atoms with Crippen molar-refractivity contribution in [3.05, 3.63) is 29.8 Å². The highest BCUT2D eigenvalue weighted by Gasteiger charge is 2.24. The number of carbonyl (C=O) groups excluding carboxylic acids is 1. The number of hydrogen-bond acceptors (Lipinski definition) is 3. The van der Waals surface area contributed by atoms with Gasteiger partial charge in [0.1, 0.15) is 0 Å². The summed E-state index contributed by atoms with van der Waals surface area (Å²) in [4.78, 5) is 17.7. The summed E-state index contributed by atoms with van der Waals surface area (Å²) in [7, 11) is 3.58. The van der Waals surface area contributed by atoms with Crippen LogP contribution in [0.4, 0.5) is 5.69 Å². The van der Waals surface area contributed by atoms with Gasteiger partial charge in [-0.15, -0.1) is 0 Å². The van der Waals surface area contributed by atoms with Gasteiger partial charge in [0, 0.05) is 52.3 Å². The quantitative estimate of drug-likeness (QED) is 0.615. The molecule has 1 saturated heterocycles. The lowest BCUT2D eigenvalue weighted by atomic mass is 10.1. The van der Waals surface area contributed by atoms with E-state index < -0.39 is 0 Å². The summed E-state index contributed by atoms with van der Waals surface area (Å²) >= 11 is 0. The topological polar surface area (TPSA) is 66.0 Å². The second-order valence-electron chi connectivity index (χ2n) is 6.16. The maximum Gasteiger partial charge on any atom is 0.221 e. The monoisotopic (exact) mass is 332 g/mol. The average molecular weight is 332 g/mol. The van der Waals surface area contributed by atoms with Crippen LogP contribution in [0, 0.1) is 5.92 Å². The first-order valence-electron chi connectivity index (χ1n) is 8.43. The molecule has 0 aliphatic carbocycles. The standard InChI is InChI=1S/C18H28N4O2/c1-14(23)21-17-6-4-15(5-7-17)8-10-20-18(19-2)22-11-9-16(12-22)13-24-3/h4-7,16H,8-13H2,1-3H3,(H,19,20)(H,21,23). The number of hydrogen-bond donors (Lipinski definition) is 2. The van der Waals surface area contributed by atoms with E-state index in [1.165, 1.54) is 12.5 Å². The van der Waals surface area contributed by atoms with Gasteiger partial charge in [-0.1, -0.05) is 12.1 Å². The number of amides is 1. The molecule has 1 amide bonds. The van der Waals surface area contributed by atoms with E-state index in [-0.39, 0.29) is 5.91 Å². The lowest BCUT2D eigenvalue weighted by Gasteiger charge is -2.21. The van der Waals surface area contributed by atoms with Gasteiger partial charge in [-0.05, 0) is 30.5 Å². The molecule has 1 aromatic carbocycles. The van der Waals surface area contributed by atoms with Gasteiger partial charge in [-0.3, -0.25) is 9.79 Å². The first-order chi connectivity index (χ1) is 11.6. The van der Waals surface area contributed by atoms with E-state index >= 15 is 0 Å². The van der Waals surface area contributed by atoms with Crippen molar-refractivity contribution in [3.63, 3.8) is 0 Å². The molecule has 1 unspecified atom stereocenters. The number of anilines is 1. The Morgan fingerprint density at radius 1 is 1.38 bits per heavy atom. The number of nitrogens with one attached hydrogen (secondary N) is 2. The molecule has 0 saturated carbocycles. The maximum absolute atomic E-state index is 11.0. The molecular weight excluding hydrogens is 304 g/mol. The molecular formula is C18H28N4O2. The molecule has 6 nitrogen and oxygen atoms in total. The van der Waals surface area contributed by atoms with Crippen LogP contribution in [0.5, 0.6) is 0 Å². The number of benzene rings is 1. The Morgan fingerprint density at radius 3 is 2.75 bits per heavy atom. The second kappa shape index (κ2) is 9.27. The molecule has 0 spiro atoms. The molecule has 1 aromatic rings. The van der Waals surface area contributed by atoms with Crippen molar-refractivity contribution in [2.75, 3.05) is 45.7 Å². The van der Waals surface area contributed by atoms with Gasteiger partial charge in [0.2, 0.25) is 5.91 Å². The van der Waals surface area contributed by atoms with Gasteiger partial charge in [-0.25, -0.2) is 0 Å². The molecule has 0 bridgehead atoms. The Morgan fingerprint density at radius 2 is 2.12 bits per heavy atom. The first-order valence-corrected chi connectivity index (χ1v) is 8.43.